The van der Waals surface area contributed by atoms with Gasteiger partial charge in [0, 0.05) is 9.24 Å². The molecule has 0 radical (unpaired) electrons. The fraction of sp³-hybridized carbons (Fsp3) is 0.647. The number of carboxylic acid groups (broad SMARTS) is 3. The van der Waals surface area contributed by atoms with E-state index in [0.29, 0.717) is 0 Å². The summed E-state index contributed by atoms with van der Waals surface area (Å²) in [5.74, 6) is -3.65. The van der Waals surface area contributed by atoms with Gasteiger partial charge in [0.1, 0.15) is 18.1 Å². The Morgan fingerprint density at radius 2 is 1.37 bits per heavy atom. The molecule has 0 aliphatic heterocycles. The summed E-state index contributed by atoms with van der Waals surface area (Å²) < 4.78 is 52.2. The van der Waals surface area contributed by atoms with Crippen LogP contribution >= 0.6 is 0 Å². The van der Waals surface area contributed by atoms with E-state index in [4.69, 9.17) is 77.0 Å². The largest absolute Gasteiger partial charge is 1.00 e. The molecular formula is C17H42BN10NaO6. The zero-order chi connectivity index (χ0) is 35.1. The Hall–Kier alpha value is -2.46. The molecule has 3 atom stereocenters. The molecule has 0 rings (SSSR count). The number of aliphatic carboxylic acids is 3. The van der Waals surface area contributed by atoms with E-state index in [0.717, 1.165) is 0 Å². The van der Waals surface area contributed by atoms with Crippen LogP contribution in [0.1, 0.15) is 44.5 Å². The van der Waals surface area contributed by atoms with Crippen molar-refractivity contribution in [2.45, 2.75) is 57.2 Å². The van der Waals surface area contributed by atoms with E-state index in [1.807, 2.05) is 0 Å². The molecule has 0 aromatic carbocycles. The Morgan fingerprint density at radius 1 is 1.03 bits per heavy atom. The molecule has 0 aliphatic rings. The van der Waals surface area contributed by atoms with Gasteiger partial charge in [0.25, 0.3) is 0 Å². The molecule has 0 spiro atoms. The van der Waals surface area contributed by atoms with Gasteiger partial charge in [-0.2, -0.15) is 5.26 Å². The third kappa shape index (κ3) is 49.7. The van der Waals surface area contributed by atoms with Crippen molar-refractivity contribution in [2.24, 2.45) is 45.1 Å². The number of guanidine groups is 1. The van der Waals surface area contributed by atoms with Crippen LogP contribution < -0.4 is 69.7 Å². The summed E-state index contributed by atoms with van der Waals surface area (Å²) in [6.07, 6.45) is -0.286. The average Bonchev–Trinajstić information content (AvgIpc) is 2.73. The van der Waals surface area contributed by atoms with Gasteiger partial charge < -0.3 is 55.5 Å². The van der Waals surface area contributed by atoms with E-state index in [9.17, 15) is 14.4 Å². The second-order valence-corrected chi connectivity index (χ2v) is 5.86. The van der Waals surface area contributed by atoms with E-state index in [1.165, 1.54) is 6.92 Å². The monoisotopic (exact) mass is 527 g/mol. The normalized spacial score (nSPS) is 15.3. The molecule has 0 amide bonds. The number of nitrogens with zero attached hydrogens (tertiary/aromatic N) is 2. The van der Waals surface area contributed by atoms with Crippen molar-refractivity contribution in [1.82, 2.24) is 0 Å². The van der Waals surface area contributed by atoms with E-state index in [2.05, 4.69) is 4.99 Å². The maximum absolute atomic E-state index is 10.3. The van der Waals surface area contributed by atoms with Crippen LogP contribution in [0.15, 0.2) is 4.99 Å². The number of hydrogen-bond donors (Lipinski definition) is 11. The predicted molar refractivity (Wildman–Crippen MR) is 134 cm³/mol. The fourth-order valence-electron chi connectivity index (χ4n) is 1.04. The Labute approximate surface area is 240 Å². The molecule has 18 heteroatoms. The van der Waals surface area contributed by atoms with Crippen LogP contribution in [0, 0.1) is 16.7 Å². The number of nitrogens with two attached hydrogens (primary N) is 7. The Morgan fingerprint density at radius 3 is 1.60 bits per heavy atom. The van der Waals surface area contributed by atoms with Gasteiger partial charge in [-0.15, -0.1) is 0 Å². The Balaban J connectivity index is -0.000000106. The zero-order valence-corrected chi connectivity index (χ0v) is 21.8. The second kappa shape index (κ2) is 31.5. The second-order valence-electron chi connectivity index (χ2n) is 5.86. The van der Waals surface area contributed by atoms with Crippen molar-refractivity contribution >= 4 is 38.0 Å². The van der Waals surface area contributed by atoms with E-state index in [-0.39, 0.29) is 73.5 Å². The van der Waals surface area contributed by atoms with Crippen LogP contribution in [0.25, 0.3) is 0 Å². The van der Waals surface area contributed by atoms with E-state index in [1.54, 1.807) is 6.07 Å². The van der Waals surface area contributed by atoms with Crippen LogP contribution in [-0.4, -0.2) is 89.8 Å². The standard InChI is InChI=1S/C6H14N4O2.C5H12N2O2.C4H6N2O2.C2H6N2.BH4.Na/c7-4(5(11)12)2-1-3-10-6(8)9;6-3-1-2-4(7)5(8)9;5-2-1-3(6)4(7)8;1-2(3)4;;/h4H,1-3,7H2,(H,11,12)(H4,8,9,10);4H,1-3,6-7H2,(H,8,9);3H,1,6H2,(H,7,8);1H3,(H3,3,4);1H4;/q;;;;-1;+1/t2*4-;3-;;;/m000.../s1/i2*3+1D2;2+1;;1D4;. The van der Waals surface area contributed by atoms with Crippen LogP contribution in [0.2, 0.25) is 0 Å². The topological polar surface area (TPSA) is 354 Å². The van der Waals surface area contributed by atoms with Crippen molar-refractivity contribution in [2.75, 3.05) is 13.0 Å². The summed E-state index contributed by atoms with van der Waals surface area (Å²) in [6, 6.07) is -1.50. The van der Waals surface area contributed by atoms with E-state index < -0.39 is 57.3 Å². The molecule has 200 valence electrons. The predicted octanol–water partition coefficient (Wildman–Crippen LogP) is -7.60. The van der Waals surface area contributed by atoms with Crippen LogP contribution in [0.5, 0.6) is 0 Å². The van der Waals surface area contributed by atoms with Crippen LogP contribution in [0.4, 0.5) is 0 Å². The summed E-state index contributed by atoms with van der Waals surface area (Å²) in [5, 5.41) is 38.9. The summed E-state index contributed by atoms with van der Waals surface area (Å²) in [6.45, 7) is -2.26. The molecule has 16 nitrogen and oxygen atoms in total. The van der Waals surface area contributed by atoms with Gasteiger partial charge in [-0.3, -0.25) is 24.8 Å². The summed E-state index contributed by atoms with van der Waals surface area (Å²) in [4.78, 5) is 33.5. The Bertz CT molecular complexity index is 881. The number of carboxylic acids is 3. The molecule has 0 unspecified atom stereocenters. The smallest absolute Gasteiger partial charge is 0.480 e. The van der Waals surface area contributed by atoms with Gasteiger partial charge in [-0.25, -0.2) is 5.34 Å². The van der Waals surface area contributed by atoms with Crippen molar-refractivity contribution < 1.29 is 64.7 Å². The molecule has 18 N–H and O–H groups in total. The molecule has 0 aromatic rings. The molecule has 0 bridgehead atoms. The number of nitriles is 1. The van der Waals surface area contributed by atoms with E-state index >= 15 is 0 Å². The van der Waals surface area contributed by atoms with Gasteiger partial charge in [0.2, 0.25) is 0 Å². The first kappa shape index (κ1) is 27.1. The minimum absolute atomic E-state index is 0. The maximum atomic E-state index is 10.3. The van der Waals surface area contributed by atoms with Crippen LogP contribution in [-0.2, 0) is 14.4 Å². The maximum Gasteiger partial charge on any atom is 1.00 e. The van der Waals surface area contributed by atoms with Crippen molar-refractivity contribution in [3.63, 3.8) is 0 Å². The third-order valence-electron chi connectivity index (χ3n) is 2.64. The van der Waals surface area contributed by atoms with Crippen molar-refractivity contribution in [3.05, 3.63) is 0 Å². The molecule has 35 heavy (non-hydrogen) atoms. The number of amidine groups is 1. The number of hydrogen-bond acceptors (Lipinski definition) is 10. The fourth-order valence-corrected chi connectivity index (χ4v) is 1.04. The molecule has 0 aromatic heterocycles. The average molecular weight is 527 g/mol. The molecule has 0 aliphatic carbocycles. The zero-order valence-electron chi connectivity index (χ0n) is 27.8. The summed E-state index contributed by atoms with van der Waals surface area (Å²) in [5.41, 5.74) is 34.8. The van der Waals surface area contributed by atoms with Gasteiger partial charge in [-0.05, 0) is 39.1 Å². The first-order chi connectivity index (χ1) is 18.5. The first-order valence-electron chi connectivity index (χ1n) is 13.3. The van der Waals surface area contributed by atoms with Crippen LogP contribution in [0.3, 0.4) is 0 Å². The quantitative estimate of drug-likeness (QED) is 0.0514. The van der Waals surface area contributed by atoms with Gasteiger partial charge in [0.05, 0.1) is 21.1 Å². The Kier molecular flexibility index (Phi) is 24.5. The summed E-state index contributed by atoms with van der Waals surface area (Å²) in [7, 11) is -3.00. The van der Waals surface area contributed by atoms with Gasteiger partial charge in [0.15, 0.2) is 5.96 Å². The number of rotatable bonds is 11. The molecule has 0 heterocycles. The minimum Gasteiger partial charge on any atom is -0.480 e. The minimum atomic E-state index is -3.00. The molecule has 0 saturated carbocycles. The van der Waals surface area contributed by atoms with Gasteiger partial charge in [-0.1, -0.05) is 8.27 Å². The number of carbonyl (C=O) groups is 3. The molecular weight excluding hydrogens is 477 g/mol. The molecule has 0 fully saturated rings. The first-order valence-corrected chi connectivity index (χ1v) is 9.01. The van der Waals surface area contributed by atoms with Crippen molar-refractivity contribution in [3.8, 4) is 6.07 Å². The van der Waals surface area contributed by atoms with Crippen molar-refractivity contribution in [1.29, 1.82) is 16.0 Å². The molecule has 0 saturated heterocycles. The number of nitrogens with one attached hydrogen (secondary N) is 1. The third-order valence-corrected chi connectivity index (χ3v) is 2.64. The SMILES string of the molecule is CC(=N)N.N#[13C]C[C@H](N)C(=O)O.[2H][13C]([2H])(CC[C@H](N)C(=O)O)N=C(N)N.[2H][13C]([2H])(N)CC[C@H](N)C(=O)O.[2H][B-]([2H])([2H])[2H].[Na+]. The summed E-state index contributed by atoms with van der Waals surface area (Å²) >= 11 is 0. The number of aliphatic imine (C=N–C) groups is 1. The van der Waals surface area contributed by atoms with Gasteiger partial charge >= 0.3 is 47.5 Å².